The number of benzene rings is 2. The first kappa shape index (κ1) is 23.2. The fourth-order valence-corrected chi connectivity index (χ4v) is 6.08. The number of methoxy groups -OCH3 is 1. The summed E-state index contributed by atoms with van der Waals surface area (Å²) in [6.45, 7) is 2.04. The number of aromatic nitrogens is 1. The first-order chi connectivity index (χ1) is 17.0. The lowest BCUT2D eigenvalue weighted by Gasteiger charge is -2.12. The summed E-state index contributed by atoms with van der Waals surface area (Å²) in [5.41, 5.74) is 5.66. The van der Waals surface area contributed by atoms with Gasteiger partial charge < -0.3 is 10.1 Å². The average molecular weight is 485 g/mol. The maximum absolute atomic E-state index is 13.7. The highest BCUT2D eigenvalue weighted by atomic mass is 32.1. The molecule has 0 aliphatic heterocycles. The summed E-state index contributed by atoms with van der Waals surface area (Å²) in [4.78, 5) is 32.5. The summed E-state index contributed by atoms with van der Waals surface area (Å²) in [6.07, 6.45) is 6.24. The van der Waals surface area contributed by atoms with Crippen molar-refractivity contribution in [2.45, 2.75) is 45.4 Å². The van der Waals surface area contributed by atoms with Gasteiger partial charge in [0.2, 0.25) is 0 Å². The number of rotatable bonds is 4. The SMILES string of the molecule is COC(=O)c1c(NC(=O)c2cc(-c3cccc(C)c3)nc3ccccc23)sc2c1CCCCCC2. The highest BCUT2D eigenvalue weighted by Crippen LogP contribution is 2.38. The minimum absolute atomic E-state index is 0.253. The number of carbonyl (C=O) groups is 2. The molecule has 0 bridgehead atoms. The van der Waals surface area contributed by atoms with Gasteiger partial charge in [-0.05, 0) is 56.4 Å². The van der Waals surface area contributed by atoms with Crippen LogP contribution in [0.15, 0.2) is 54.6 Å². The van der Waals surface area contributed by atoms with Gasteiger partial charge in [-0.15, -0.1) is 11.3 Å². The predicted molar refractivity (Wildman–Crippen MR) is 141 cm³/mol. The van der Waals surface area contributed by atoms with Gasteiger partial charge in [0, 0.05) is 15.8 Å². The third kappa shape index (κ3) is 4.71. The first-order valence-corrected chi connectivity index (χ1v) is 12.9. The number of nitrogens with one attached hydrogen (secondary N) is 1. The molecule has 2 aromatic heterocycles. The lowest BCUT2D eigenvalue weighted by atomic mass is 9.96. The van der Waals surface area contributed by atoms with Crippen LogP contribution in [-0.4, -0.2) is 24.0 Å². The molecule has 35 heavy (non-hydrogen) atoms. The fourth-order valence-electron chi connectivity index (χ4n) is 4.81. The molecule has 1 N–H and O–H groups in total. The number of carbonyl (C=O) groups excluding carboxylic acids is 2. The van der Waals surface area contributed by atoms with E-state index in [-0.39, 0.29) is 5.91 Å². The molecule has 4 aromatic rings. The van der Waals surface area contributed by atoms with E-state index in [1.165, 1.54) is 29.7 Å². The molecule has 0 saturated carbocycles. The largest absolute Gasteiger partial charge is 0.465 e. The molecule has 0 saturated heterocycles. The van der Waals surface area contributed by atoms with Crippen LogP contribution in [0.25, 0.3) is 22.2 Å². The molecule has 5 nitrogen and oxygen atoms in total. The van der Waals surface area contributed by atoms with Crippen LogP contribution in [0.5, 0.6) is 0 Å². The van der Waals surface area contributed by atoms with Crippen molar-refractivity contribution < 1.29 is 14.3 Å². The van der Waals surface area contributed by atoms with Gasteiger partial charge >= 0.3 is 5.97 Å². The molecule has 6 heteroatoms. The number of fused-ring (bicyclic) bond motifs is 2. The number of para-hydroxylation sites is 1. The van der Waals surface area contributed by atoms with Gasteiger partial charge in [0.05, 0.1) is 29.4 Å². The van der Waals surface area contributed by atoms with Crippen molar-refractivity contribution >= 4 is 39.1 Å². The van der Waals surface area contributed by atoms with Crippen molar-refractivity contribution in [2.24, 2.45) is 0 Å². The molecule has 1 amide bonds. The molecule has 0 fully saturated rings. The number of hydrogen-bond acceptors (Lipinski definition) is 5. The number of amides is 1. The van der Waals surface area contributed by atoms with Crippen molar-refractivity contribution in [1.29, 1.82) is 0 Å². The molecule has 1 aliphatic carbocycles. The van der Waals surface area contributed by atoms with Crippen molar-refractivity contribution in [3.63, 3.8) is 0 Å². The van der Waals surface area contributed by atoms with Crippen molar-refractivity contribution in [3.8, 4) is 11.3 Å². The molecule has 1 aliphatic rings. The zero-order valence-corrected chi connectivity index (χ0v) is 20.8. The molecular formula is C29H28N2O3S. The number of pyridine rings is 1. The summed E-state index contributed by atoms with van der Waals surface area (Å²) < 4.78 is 5.13. The summed E-state index contributed by atoms with van der Waals surface area (Å²) in [5, 5.41) is 4.42. The summed E-state index contributed by atoms with van der Waals surface area (Å²) in [6, 6.07) is 17.6. The van der Waals surface area contributed by atoms with Gasteiger partial charge in [-0.2, -0.15) is 0 Å². The highest BCUT2D eigenvalue weighted by Gasteiger charge is 2.26. The Kier molecular flexibility index (Phi) is 6.64. The van der Waals surface area contributed by atoms with E-state index >= 15 is 0 Å². The molecule has 0 spiro atoms. The third-order valence-electron chi connectivity index (χ3n) is 6.56. The molecule has 0 radical (unpaired) electrons. The molecule has 2 aromatic carbocycles. The van der Waals surface area contributed by atoms with Gasteiger partial charge in [-0.3, -0.25) is 4.79 Å². The van der Waals surface area contributed by atoms with E-state index in [0.717, 1.165) is 65.4 Å². The van der Waals surface area contributed by atoms with Crippen molar-refractivity contribution in [3.05, 3.63) is 81.7 Å². The van der Waals surface area contributed by atoms with E-state index in [1.807, 2.05) is 55.5 Å². The quantitative estimate of drug-likeness (QED) is 0.318. The zero-order chi connectivity index (χ0) is 24.4. The summed E-state index contributed by atoms with van der Waals surface area (Å²) in [7, 11) is 1.39. The van der Waals surface area contributed by atoms with E-state index in [9.17, 15) is 9.59 Å². The van der Waals surface area contributed by atoms with E-state index in [0.29, 0.717) is 16.1 Å². The average Bonchev–Trinajstić information content (AvgIpc) is 3.18. The van der Waals surface area contributed by atoms with E-state index in [1.54, 1.807) is 0 Å². The highest BCUT2D eigenvalue weighted by molar-refractivity contribution is 7.17. The Hall–Kier alpha value is -3.51. The lowest BCUT2D eigenvalue weighted by Crippen LogP contribution is -2.15. The normalized spacial score (nSPS) is 13.5. The Morgan fingerprint density at radius 1 is 0.971 bits per heavy atom. The van der Waals surface area contributed by atoms with Gasteiger partial charge in [0.1, 0.15) is 5.00 Å². The van der Waals surface area contributed by atoms with Crippen LogP contribution < -0.4 is 5.32 Å². The maximum Gasteiger partial charge on any atom is 0.341 e. The number of hydrogen-bond donors (Lipinski definition) is 1. The van der Waals surface area contributed by atoms with Crippen LogP contribution in [0.1, 0.15) is 62.4 Å². The lowest BCUT2D eigenvalue weighted by molar-refractivity contribution is 0.0601. The van der Waals surface area contributed by atoms with Crippen LogP contribution in [0.3, 0.4) is 0 Å². The monoisotopic (exact) mass is 484 g/mol. The van der Waals surface area contributed by atoms with E-state index in [4.69, 9.17) is 9.72 Å². The Morgan fingerprint density at radius 2 is 1.77 bits per heavy atom. The summed E-state index contributed by atoms with van der Waals surface area (Å²) >= 11 is 1.51. The molecule has 0 unspecified atom stereocenters. The van der Waals surface area contributed by atoms with Gasteiger partial charge in [-0.25, -0.2) is 9.78 Å². The van der Waals surface area contributed by atoms with E-state index in [2.05, 4.69) is 11.4 Å². The van der Waals surface area contributed by atoms with Crippen LogP contribution in [0.4, 0.5) is 5.00 Å². The Morgan fingerprint density at radius 3 is 2.57 bits per heavy atom. The smallest absolute Gasteiger partial charge is 0.341 e. The van der Waals surface area contributed by atoms with Gasteiger partial charge in [0.15, 0.2) is 0 Å². The molecule has 0 atom stereocenters. The number of anilines is 1. The van der Waals surface area contributed by atoms with Crippen molar-refractivity contribution in [2.75, 3.05) is 12.4 Å². The summed E-state index contributed by atoms with van der Waals surface area (Å²) in [5.74, 6) is -0.643. The minimum Gasteiger partial charge on any atom is -0.465 e. The molecular weight excluding hydrogens is 456 g/mol. The zero-order valence-electron chi connectivity index (χ0n) is 20.0. The maximum atomic E-state index is 13.7. The Balaban J connectivity index is 1.58. The minimum atomic E-state index is -0.390. The second-order valence-electron chi connectivity index (χ2n) is 9.01. The van der Waals surface area contributed by atoms with Crippen LogP contribution in [0.2, 0.25) is 0 Å². The number of esters is 1. The predicted octanol–water partition coefficient (Wildman–Crippen LogP) is 6.97. The van der Waals surface area contributed by atoms with Crippen LogP contribution in [-0.2, 0) is 17.6 Å². The van der Waals surface area contributed by atoms with Gasteiger partial charge in [-0.1, -0.05) is 54.8 Å². The third-order valence-corrected chi connectivity index (χ3v) is 7.77. The van der Waals surface area contributed by atoms with Crippen molar-refractivity contribution in [1.82, 2.24) is 4.98 Å². The van der Waals surface area contributed by atoms with E-state index < -0.39 is 5.97 Å². The van der Waals surface area contributed by atoms with Gasteiger partial charge in [0.25, 0.3) is 5.91 Å². The second kappa shape index (κ2) is 10.0. The first-order valence-electron chi connectivity index (χ1n) is 12.1. The second-order valence-corrected chi connectivity index (χ2v) is 10.1. The Bertz CT molecular complexity index is 1420. The van der Waals surface area contributed by atoms with Crippen LogP contribution >= 0.6 is 11.3 Å². The fraction of sp³-hybridized carbons (Fsp3) is 0.276. The number of aryl methyl sites for hydroxylation is 2. The number of nitrogens with zero attached hydrogens (tertiary/aromatic N) is 1. The van der Waals surface area contributed by atoms with Crippen LogP contribution in [0, 0.1) is 6.92 Å². The topological polar surface area (TPSA) is 68.3 Å². The number of thiophene rings is 1. The number of ether oxygens (including phenoxy) is 1. The standard InChI is InChI=1S/C29H28N2O3S/c1-18-10-9-11-19(16-18)24-17-22(20-12-7-8-14-23(20)30-24)27(32)31-28-26(29(33)34-2)21-13-5-3-4-6-15-25(21)35-28/h7-12,14,16-17H,3-6,13,15H2,1-2H3,(H,31,32). The molecule has 178 valence electrons. The Labute approximate surface area is 209 Å². The molecule has 2 heterocycles. The molecule has 5 rings (SSSR count).